The summed E-state index contributed by atoms with van der Waals surface area (Å²) in [5.41, 5.74) is 2.08. The summed E-state index contributed by atoms with van der Waals surface area (Å²) in [7, 11) is 0. The van der Waals surface area contributed by atoms with Crippen LogP contribution in [0.2, 0.25) is 0 Å². The van der Waals surface area contributed by atoms with Crippen LogP contribution in [0, 0.1) is 17.2 Å². The molecule has 0 fully saturated rings. The SMILES string of the molecule is CC(C)C1CSC(Nc2ccc(CC#N)cc2)=N1. The lowest BCUT2D eigenvalue weighted by molar-refractivity contribution is 0.543. The van der Waals surface area contributed by atoms with E-state index in [0.29, 0.717) is 18.4 Å². The monoisotopic (exact) mass is 259 g/mol. The number of nitrogens with zero attached hydrogens (tertiary/aromatic N) is 2. The standard InChI is InChI=1S/C14H17N3S/c1-10(2)13-9-18-14(17-13)16-12-5-3-11(4-6-12)7-8-15/h3-6,10,13H,7,9H2,1-2H3,(H,16,17). The van der Waals surface area contributed by atoms with Gasteiger partial charge in [-0.05, 0) is 23.6 Å². The number of hydrogen-bond acceptors (Lipinski definition) is 4. The summed E-state index contributed by atoms with van der Waals surface area (Å²) in [5, 5.41) is 12.9. The molecule has 0 saturated heterocycles. The van der Waals surface area contributed by atoms with Gasteiger partial charge in [0.15, 0.2) is 5.17 Å². The van der Waals surface area contributed by atoms with Gasteiger partial charge in [0.1, 0.15) is 0 Å². The molecule has 1 N–H and O–H groups in total. The first-order valence-corrected chi connectivity index (χ1v) is 7.11. The maximum atomic E-state index is 8.61. The molecule has 0 amide bonds. The van der Waals surface area contributed by atoms with Crippen molar-refractivity contribution in [3.63, 3.8) is 0 Å². The smallest absolute Gasteiger partial charge is 0.161 e. The van der Waals surface area contributed by atoms with Crippen LogP contribution in [0.25, 0.3) is 0 Å². The Hall–Kier alpha value is -1.47. The quantitative estimate of drug-likeness (QED) is 0.906. The van der Waals surface area contributed by atoms with Gasteiger partial charge < -0.3 is 5.32 Å². The van der Waals surface area contributed by atoms with Crippen LogP contribution in [0.5, 0.6) is 0 Å². The van der Waals surface area contributed by atoms with E-state index in [4.69, 9.17) is 5.26 Å². The second kappa shape index (κ2) is 5.92. The number of rotatable bonds is 3. The number of anilines is 1. The zero-order valence-corrected chi connectivity index (χ0v) is 11.5. The summed E-state index contributed by atoms with van der Waals surface area (Å²) < 4.78 is 0. The van der Waals surface area contributed by atoms with E-state index in [0.717, 1.165) is 22.2 Å². The third-order valence-corrected chi connectivity index (χ3v) is 3.92. The van der Waals surface area contributed by atoms with E-state index in [1.807, 2.05) is 24.3 Å². The lowest BCUT2D eigenvalue weighted by Crippen LogP contribution is -2.12. The Labute approximate surface area is 112 Å². The maximum absolute atomic E-state index is 8.61. The summed E-state index contributed by atoms with van der Waals surface area (Å²) in [5.74, 6) is 1.65. The topological polar surface area (TPSA) is 48.2 Å². The highest BCUT2D eigenvalue weighted by Gasteiger charge is 2.20. The van der Waals surface area contributed by atoms with Gasteiger partial charge in [-0.25, -0.2) is 0 Å². The molecule has 1 aromatic carbocycles. The predicted octanol–water partition coefficient (Wildman–Crippen LogP) is 3.29. The first kappa shape index (κ1) is 13.0. The molecular formula is C14H17N3S. The summed E-state index contributed by atoms with van der Waals surface area (Å²) in [6, 6.07) is 10.5. The van der Waals surface area contributed by atoms with Gasteiger partial charge in [-0.1, -0.05) is 37.7 Å². The Balaban J connectivity index is 1.98. The van der Waals surface area contributed by atoms with E-state index in [1.165, 1.54) is 0 Å². The molecule has 0 aliphatic carbocycles. The number of nitrogens with one attached hydrogen (secondary N) is 1. The third kappa shape index (κ3) is 3.27. The molecule has 1 unspecified atom stereocenters. The van der Waals surface area contributed by atoms with Gasteiger partial charge in [0.05, 0.1) is 18.5 Å². The molecule has 3 nitrogen and oxygen atoms in total. The molecule has 1 aliphatic rings. The summed E-state index contributed by atoms with van der Waals surface area (Å²) >= 11 is 1.77. The van der Waals surface area contributed by atoms with Gasteiger partial charge in [0, 0.05) is 11.4 Å². The van der Waals surface area contributed by atoms with Gasteiger partial charge in [0.2, 0.25) is 0 Å². The Morgan fingerprint density at radius 3 is 2.72 bits per heavy atom. The van der Waals surface area contributed by atoms with Crippen LogP contribution >= 0.6 is 11.8 Å². The Kier molecular flexibility index (Phi) is 4.27. The Morgan fingerprint density at radius 1 is 1.44 bits per heavy atom. The summed E-state index contributed by atoms with van der Waals surface area (Å²) in [6.07, 6.45) is 0.464. The van der Waals surface area contributed by atoms with E-state index in [-0.39, 0.29) is 0 Å². The van der Waals surface area contributed by atoms with Crippen LogP contribution in [-0.4, -0.2) is 17.0 Å². The second-order valence-corrected chi connectivity index (χ2v) is 5.72. The molecular weight excluding hydrogens is 242 g/mol. The largest absolute Gasteiger partial charge is 0.335 e. The van der Waals surface area contributed by atoms with E-state index < -0.39 is 0 Å². The Morgan fingerprint density at radius 2 is 2.17 bits per heavy atom. The number of hydrogen-bond donors (Lipinski definition) is 1. The predicted molar refractivity (Wildman–Crippen MR) is 77.9 cm³/mol. The number of amidine groups is 1. The highest BCUT2D eigenvalue weighted by atomic mass is 32.2. The fraction of sp³-hybridized carbons (Fsp3) is 0.429. The minimum atomic E-state index is 0.426. The van der Waals surface area contributed by atoms with Crippen LogP contribution in [0.1, 0.15) is 19.4 Å². The van der Waals surface area contributed by atoms with Crippen LogP contribution in [0.4, 0.5) is 5.69 Å². The fourth-order valence-electron chi connectivity index (χ4n) is 1.72. The normalized spacial score (nSPS) is 18.6. The molecule has 0 saturated carbocycles. The molecule has 94 valence electrons. The third-order valence-electron chi connectivity index (χ3n) is 2.93. The minimum Gasteiger partial charge on any atom is -0.335 e. The van der Waals surface area contributed by atoms with Crippen LogP contribution in [0.15, 0.2) is 29.3 Å². The zero-order valence-electron chi connectivity index (χ0n) is 10.7. The average Bonchev–Trinajstić information content (AvgIpc) is 2.81. The number of aliphatic imine (C=N–C) groups is 1. The van der Waals surface area contributed by atoms with Gasteiger partial charge in [-0.3, -0.25) is 4.99 Å². The highest BCUT2D eigenvalue weighted by Crippen LogP contribution is 2.24. The van der Waals surface area contributed by atoms with Crippen molar-refractivity contribution in [3.05, 3.63) is 29.8 Å². The lowest BCUT2D eigenvalue weighted by Gasteiger charge is -2.08. The van der Waals surface area contributed by atoms with Gasteiger partial charge in [0.25, 0.3) is 0 Å². The van der Waals surface area contributed by atoms with Crippen molar-refractivity contribution in [2.24, 2.45) is 10.9 Å². The van der Waals surface area contributed by atoms with Crippen LogP contribution in [-0.2, 0) is 6.42 Å². The highest BCUT2D eigenvalue weighted by molar-refractivity contribution is 8.14. The van der Waals surface area contributed by atoms with Crippen molar-refractivity contribution < 1.29 is 0 Å². The zero-order chi connectivity index (χ0) is 13.0. The number of benzene rings is 1. The molecule has 1 heterocycles. The van der Waals surface area contributed by atoms with E-state index >= 15 is 0 Å². The Bertz CT molecular complexity index is 471. The molecule has 0 spiro atoms. The van der Waals surface area contributed by atoms with Crippen LogP contribution < -0.4 is 5.32 Å². The molecule has 0 bridgehead atoms. The molecule has 2 rings (SSSR count). The summed E-state index contributed by atoms with van der Waals surface area (Å²) in [4.78, 5) is 4.66. The van der Waals surface area contributed by atoms with Gasteiger partial charge in [-0.15, -0.1) is 0 Å². The molecule has 1 atom stereocenters. The summed E-state index contributed by atoms with van der Waals surface area (Å²) in [6.45, 7) is 4.41. The first-order valence-electron chi connectivity index (χ1n) is 6.12. The van der Waals surface area contributed by atoms with Gasteiger partial charge >= 0.3 is 0 Å². The maximum Gasteiger partial charge on any atom is 0.161 e. The van der Waals surface area contributed by atoms with E-state index in [2.05, 4.69) is 30.2 Å². The van der Waals surface area contributed by atoms with Crippen molar-refractivity contribution in [2.75, 3.05) is 11.1 Å². The first-order chi connectivity index (χ1) is 8.69. The molecule has 0 aromatic heterocycles. The molecule has 1 aromatic rings. The van der Waals surface area contributed by atoms with Crippen molar-refractivity contribution in [1.82, 2.24) is 0 Å². The second-order valence-electron chi connectivity index (χ2n) is 4.71. The van der Waals surface area contributed by atoms with Crippen molar-refractivity contribution >= 4 is 22.6 Å². The number of thioether (sulfide) groups is 1. The van der Waals surface area contributed by atoms with Crippen molar-refractivity contribution in [2.45, 2.75) is 26.3 Å². The molecule has 1 aliphatic heterocycles. The minimum absolute atomic E-state index is 0.426. The molecule has 4 heteroatoms. The lowest BCUT2D eigenvalue weighted by atomic mass is 10.1. The van der Waals surface area contributed by atoms with Crippen molar-refractivity contribution in [1.29, 1.82) is 5.26 Å². The van der Waals surface area contributed by atoms with Gasteiger partial charge in [-0.2, -0.15) is 5.26 Å². The molecule has 18 heavy (non-hydrogen) atoms. The van der Waals surface area contributed by atoms with E-state index in [1.54, 1.807) is 11.8 Å². The van der Waals surface area contributed by atoms with Crippen molar-refractivity contribution in [3.8, 4) is 6.07 Å². The fourth-order valence-corrected chi connectivity index (χ4v) is 2.91. The van der Waals surface area contributed by atoms with E-state index in [9.17, 15) is 0 Å². The average molecular weight is 259 g/mol. The van der Waals surface area contributed by atoms with Crippen LogP contribution in [0.3, 0.4) is 0 Å². The molecule has 0 radical (unpaired) electrons. The number of nitriles is 1.